The van der Waals surface area contributed by atoms with Crippen molar-refractivity contribution in [2.45, 2.75) is 10.1 Å². The lowest BCUT2D eigenvalue weighted by atomic mass is 10.4. The first-order chi connectivity index (χ1) is 8.81. The number of hydrogen-bond donors (Lipinski definition) is 1. The molecule has 0 unspecified atom stereocenters. The molecule has 0 aromatic carbocycles. The summed E-state index contributed by atoms with van der Waals surface area (Å²) in [5, 5.41) is 15.6. The summed E-state index contributed by atoms with van der Waals surface area (Å²) in [5.74, 6) is 0.801. The molecule has 92 valence electrons. The molecule has 0 fully saturated rings. The molecule has 0 aliphatic heterocycles. The van der Waals surface area contributed by atoms with Crippen molar-refractivity contribution in [3.8, 4) is 10.6 Å². The normalized spacial score (nSPS) is 10.9. The summed E-state index contributed by atoms with van der Waals surface area (Å²) < 4.78 is 0.887. The van der Waals surface area contributed by atoms with Crippen molar-refractivity contribution in [2.75, 3.05) is 5.73 Å². The molecule has 0 amide bonds. The number of aromatic nitrogens is 3. The van der Waals surface area contributed by atoms with Gasteiger partial charge >= 0.3 is 0 Å². The van der Waals surface area contributed by atoms with Crippen LogP contribution in [0.15, 0.2) is 26.5 Å². The Balaban J connectivity index is 1.67. The summed E-state index contributed by atoms with van der Waals surface area (Å²) in [6.07, 6.45) is 0. The maximum Gasteiger partial charge on any atom is 0.203 e. The van der Waals surface area contributed by atoms with Gasteiger partial charge in [-0.1, -0.05) is 23.1 Å². The third-order valence-corrected chi connectivity index (χ3v) is 5.63. The van der Waals surface area contributed by atoms with Gasteiger partial charge in [0.25, 0.3) is 0 Å². The lowest BCUT2D eigenvalue weighted by molar-refractivity contribution is 1.02. The second-order valence-corrected chi connectivity index (χ2v) is 7.22. The minimum Gasteiger partial charge on any atom is -0.374 e. The topological polar surface area (TPSA) is 64.7 Å². The molecule has 3 aromatic heterocycles. The van der Waals surface area contributed by atoms with Crippen LogP contribution in [0.25, 0.3) is 10.6 Å². The summed E-state index contributed by atoms with van der Waals surface area (Å²) in [6, 6.07) is 2.09. The van der Waals surface area contributed by atoms with E-state index in [2.05, 4.69) is 37.4 Å². The van der Waals surface area contributed by atoms with Crippen LogP contribution in [0, 0.1) is 0 Å². The van der Waals surface area contributed by atoms with Crippen molar-refractivity contribution in [3.63, 3.8) is 0 Å². The van der Waals surface area contributed by atoms with Gasteiger partial charge in [-0.2, -0.15) is 11.3 Å². The van der Waals surface area contributed by atoms with Gasteiger partial charge in [0, 0.05) is 22.1 Å². The molecule has 4 nitrogen and oxygen atoms in total. The molecule has 0 spiro atoms. The van der Waals surface area contributed by atoms with E-state index in [1.54, 1.807) is 34.4 Å². The fourth-order valence-electron chi connectivity index (χ4n) is 1.31. The molecule has 8 heteroatoms. The monoisotopic (exact) mass is 312 g/mol. The minimum atomic E-state index is 0.509. The molecule has 0 atom stereocenters. The van der Waals surface area contributed by atoms with Crippen LogP contribution < -0.4 is 5.73 Å². The van der Waals surface area contributed by atoms with Gasteiger partial charge in [0.15, 0.2) is 4.34 Å². The lowest BCUT2D eigenvalue weighted by Crippen LogP contribution is -1.81. The molecular weight excluding hydrogens is 304 g/mol. The summed E-state index contributed by atoms with van der Waals surface area (Å²) in [6.45, 7) is 0. The lowest BCUT2D eigenvalue weighted by Gasteiger charge is -1.92. The Hall–Kier alpha value is -0.960. The molecule has 0 aliphatic carbocycles. The minimum absolute atomic E-state index is 0.509. The molecular formula is C10H8N4S4. The molecule has 0 radical (unpaired) electrons. The van der Waals surface area contributed by atoms with Gasteiger partial charge in [0.1, 0.15) is 5.01 Å². The number of nitrogens with two attached hydrogens (primary N) is 1. The molecule has 3 aromatic rings. The molecule has 0 bridgehead atoms. The Kier molecular flexibility index (Phi) is 3.59. The van der Waals surface area contributed by atoms with Crippen LogP contribution in [-0.2, 0) is 5.75 Å². The number of thioether (sulfide) groups is 1. The van der Waals surface area contributed by atoms with Gasteiger partial charge in [-0.05, 0) is 11.4 Å². The Morgan fingerprint density at radius 1 is 1.28 bits per heavy atom. The summed E-state index contributed by atoms with van der Waals surface area (Å²) in [7, 11) is 0. The Morgan fingerprint density at radius 3 is 2.94 bits per heavy atom. The first-order valence-corrected chi connectivity index (χ1v) is 8.62. The van der Waals surface area contributed by atoms with E-state index < -0.39 is 0 Å². The Labute approximate surface area is 120 Å². The standard InChI is InChI=1S/C10H8N4S4/c11-9-13-14-10(18-9)17-5-7-4-16-8(12-7)6-1-2-15-3-6/h1-4H,5H2,(H2,11,13). The molecule has 3 rings (SSSR count). The van der Waals surface area contributed by atoms with E-state index in [0.717, 1.165) is 20.8 Å². The van der Waals surface area contributed by atoms with Gasteiger partial charge in [-0.15, -0.1) is 21.5 Å². The highest BCUT2D eigenvalue weighted by molar-refractivity contribution is 8.00. The predicted octanol–water partition coefficient (Wildman–Crippen LogP) is 3.60. The fraction of sp³-hybridized carbons (Fsp3) is 0.100. The molecule has 0 saturated carbocycles. The number of thiophene rings is 1. The molecule has 3 heterocycles. The number of hydrogen-bond acceptors (Lipinski definition) is 8. The van der Waals surface area contributed by atoms with Crippen molar-refractivity contribution in [1.29, 1.82) is 0 Å². The van der Waals surface area contributed by atoms with E-state index >= 15 is 0 Å². The van der Waals surface area contributed by atoms with Crippen LogP contribution in [0.4, 0.5) is 5.13 Å². The largest absolute Gasteiger partial charge is 0.374 e. The van der Waals surface area contributed by atoms with E-state index in [4.69, 9.17) is 5.73 Å². The van der Waals surface area contributed by atoms with Crippen LogP contribution in [-0.4, -0.2) is 15.2 Å². The summed E-state index contributed by atoms with van der Waals surface area (Å²) >= 11 is 6.38. The second-order valence-electron chi connectivity index (χ2n) is 3.35. The zero-order valence-electron chi connectivity index (χ0n) is 9.07. The number of nitrogens with zero attached hydrogens (tertiary/aromatic N) is 3. The zero-order chi connectivity index (χ0) is 12.4. The van der Waals surface area contributed by atoms with Crippen LogP contribution in [0.3, 0.4) is 0 Å². The van der Waals surface area contributed by atoms with Gasteiger partial charge in [-0.25, -0.2) is 4.98 Å². The van der Waals surface area contributed by atoms with E-state index in [9.17, 15) is 0 Å². The fourth-order valence-corrected chi connectivity index (χ4v) is 4.47. The molecule has 0 saturated heterocycles. The molecule has 2 N–H and O–H groups in total. The van der Waals surface area contributed by atoms with Gasteiger partial charge < -0.3 is 5.73 Å². The zero-order valence-corrected chi connectivity index (χ0v) is 12.3. The van der Waals surface area contributed by atoms with Crippen molar-refractivity contribution in [3.05, 3.63) is 27.9 Å². The maximum absolute atomic E-state index is 5.54. The smallest absolute Gasteiger partial charge is 0.203 e. The Morgan fingerprint density at radius 2 is 2.22 bits per heavy atom. The summed E-state index contributed by atoms with van der Waals surface area (Å²) in [5.41, 5.74) is 7.80. The van der Waals surface area contributed by atoms with E-state index in [1.807, 2.05) is 0 Å². The predicted molar refractivity (Wildman–Crippen MR) is 79.3 cm³/mol. The van der Waals surface area contributed by atoms with Gasteiger partial charge in [0.05, 0.1) is 5.69 Å². The number of anilines is 1. The van der Waals surface area contributed by atoms with Crippen LogP contribution in [0.2, 0.25) is 0 Å². The van der Waals surface area contributed by atoms with Crippen molar-refractivity contribution >= 4 is 50.9 Å². The quantitative estimate of drug-likeness (QED) is 0.746. The number of thiazole rings is 1. The van der Waals surface area contributed by atoms with Crippen molar-refractivity contribution in [1.82, 2.24) is 15.2 Å². The maximum atomic E-state index is 5.54. The number of nitrogen functional groups attached to an aromatic ring is 1. The molecule has 0 aliphatic rings. The second kappa shape index (κ2) is 5.35. The average Bonchev–Trinajstić information content (AvgIpc) is 3.07. The highest BCUT2D eigenvalue weighted by Gasteiger charge is 2.07. The van der Waals surface area contributed by atoms with E-state index in [0.29, 0.717) is 5.13 Å². The van der Waals surface area contributed by atoms with Crippen molar-refractivity contribution in [2.24, 2.45) is 0 Å². The van der Waals surface area contributed by atoms with Crippen LogP contribution in [0.5, 0.6) is 0 Å². The Bertz CT molecular complexity index is 628. The highest BCUT2D eigenvalue weighted by Crippen LogP contribution is 2.30. The average molecular weight is 312 g/mol. The van der Waals surface area contributed by atoms with E-state index in [-0.39, 0.29) is 0 Å². The van der Waals surface area contributed by atoms with Crippen LogP contribution >= 0.6 is 45.8 Å². The van der Waals surface area contributed by atoms with E-state index in [1.165, 1.54) is 16.9 Å². The van der Waals surface area contributed by atoms with Crippen molar-refractivity contribution < 1.29 is 0 Å². The SMILES string of the molecule is Nc1nnc(SCc2csc(-c3ccsc3)n2)s1. The third-order valence-electron chi connectivity index (χ3n) is 2.09. The van der Waals surface area contributed by atoms with Crippen LogP contribution in [0.1, 0.15) is 5.69 Å². The van der Waals surface area contributed by atoms with Gasteiger partial charge in [-0.3, -0.25) is 0 Å². The number of rotatable bonds is 4. The third kappa shape index (κ3) is 2.72. The summed E-state index contributed by atoms with van der Waals surface area (Å²) in [4.78, 5) is 4.60. The van der Waals surface area contributed by atoms with Gasteiger partial charge in [0.2, 0.25) is 5.13 Å². The first-order valence-electron chi connectivity index (χ1n) is 5.00. The highest BCUT2D eigenvalue weighted by atomic mass is 32.2. The first kappa shape index (κ1) is 12.1. The molecule has 18 heavy (non-hydrogen) atoms.